The summed E-state index contributed by atoms with van der Waals surface area (Å²) in [5.74, 6) is 0.741. The summed E-state index contributed by atoms with van der Waals surface area (Å²) in [6.45, 7) is 1.11. The molecule has 0 bridgehead atoms. The first-order valence-electron chi connectivity index (χ1n) is 4.19. The van der Waals surface area contributed by atoms with Crippen molar-refractivity contribution < 1.29 is 9.47 Å². The van der Waals surface area contributed by atoms with Crippen LogP contribution in [0.3, 0.4) is 0 Å². The van der Waals surface area contributed by atoms with E-state index in [-0.39, 0.29) is 0 Å². The lowest BCUT2D eigenvalue weighted by molar-refractivity contribution is -0.0285. The topological polar surface area (TPSA) is 18.5 Å². The molecule has 0 saturated carbocycles. The summed E-state index contributed by atoms with van der Waals surface area (Å²) in [5.41, 5.74) is 0. The number of halogens is 1. The molecule has 0 radical (unpaired) electrons. The average molecular weight is 193 g/mol. The fourth-order valence-electron chi connectivity index (χ4n) is 0.724. The lowest BCUT2D eigenvalue weighted by atomic mass is 10.3. The van der Waals surface area contributed by atoms with Gasteiger partial charge in [0.2, 0.25) is 0 Å². The molecule has 0 spiro atoms. The molecule has 0 aromatic heterocycles. The van der Waals surface area contributed by atoms with Crippen LogP contribution >= 0.6 is 11.6 Å². The molecular weight excluding hydrogens is 176 g/mol. The van der Waals surface area contributed by atoms with Crippen LogP contribution in [0, 0.1) is 0 Å². The van der Waals surface area contributed by atoms with Crippen LogP contribution in [-0.2, 0) is 9.47 Å². The number of allylic oxidation sites excluding steroid dienone is 1. The first-order chi connectivity index (χ1) is 5.91. The molecule has 0 aliphatic heterocycles. The highest BCUT2D eigenvalue weighted by Gasteiger charge is 1.83. The monoisotopic (exact) mass is 192 g/mol. The van der Waals surface area contributed by atoms with Crippen LogP contribution in [0.5, 0.6) is 0 Å². The fourth-order valence-corrected chi connectivity index (χ4v) is 0.879. The number of hydrogen-bond donors (Lipinski definition) is 0. The molecule has 0 aromatic carbocycles. The molecule has 72 valence electrons. The van der Waals surface area contributed by atoms with Crippen LogP contribution in [0.25, 0.3) is 0 Å². The minimum absolute atomic E-state index is 0.384. The highest BCUT2D eigenvalue weighted by atomic mass is 35.5. The van der Waals surface area contributed by atoms with Crippen molar-refractivity contribution in [1.29, 1.82) is 0 Å². The quantitative estimate of drug-likeness (QED) is 0.255. The van der Waals surface area contributed by atoms with Gasteiger partial charge in [0.05, 0.1) is 6.61 Å². The number of rotatable bonds is 8. The van der Waals surface area contributed by atoms with Crippen molar-refractivity contribution in [2.24, 2.45) is 0 Å². The Labute approximate surface area is 79.5 Å². The molecule has 3 heteroatoms. The summed E-state index contributed by atoms with van der Waals surface area (Å²) >= 11 is 5.51. The smallest absolute Gasteiger partial charge is 0.146 e. The number of ether oxygens (including phenoxy) is 2. The van der Waals surface area contributed by atoms with Gasteiger partial charge in [0, 0.05) is 13.0 Å². The normalized spacial score (nSPS) is 11.2. The van der Waals surface area contributed by atoms with Gasteiger partial charge in [0.25, 0.3) is 0 Å². The highest BCUT2D eigenvalue weighted by molar-refractivity contribution is 6.17. The predicted octanol–water partition coefficient (Wildman–Crippen LogP) is 2.57. The lowest BCUT2D eigenvalue weighted by Crippen LogP contribution is -1.96. The van der Waals surface area contributed by atoms with E-state index in [0.717, 1.165) is 31.7 Å². The molecule has 0 saturated heterocycles. The van der Waals surface area contributed by atoms with Gasteiger partial charge in [-0.1, -0.05) is 12.2 Å². The van der Waals surface area contributed by atoms with E-state index in [1.165, 1.54) is 0 Å². The minimum atomic E-state index is 0.384. The van der Waals surface area contributed by atoms with Crippen molar-refractivity contribution in [3.63, 3.8) is 0 Å². The Hall–Kier alpha value is -0.0500. The highest BCUT2D eigenvalue weighted by Crippen LogP contribution is 1.94. The van der Waals surface area contributed by atoms with E-state index in [9.17, 15) is 0 Å². The van der Waals surface area contributed by atoms with Crippen LogP contribution in [0.2, 0.25) is 0 Å². The second-order valence-electron chi connectivity index (χ2n) is 2.41. The summed E-state index contributed by atoms with van der Waals surface area (Å²) in [4.78, 5) is 0. The third-order valence-electron chi connectivity index (χ3n) is 1.30. The molecule has 0 atom stereocenters. The maximum atomic E-state index is 5.51. The summed E-state index contributed by atoms with van der Waals surface area (Å²) in [6, 6.07) is 0. The van der Waals surface area contributed by atoms with Gasteiger partial charge < -0.3 is 9.47 Å². The maximum Gasteiger partial charge on any atom is 0.146 e. The summed E-state index contributed by atoms with van der Waals surface area (Å²) in [6.07, 6.45) is 7.32. The summed E-state index contributed by atoms with van der Waals surface area (Å²) in [5, 5.41) is 0. The van der Waals surface area contributed by atoms with Crippen LogP contribution in [0.1, 0.15) is 19.3 Å². The van der Waals surface area contributed by atoms with Gasteiger partial charge in [-0.25, -0.2) is 0 Å². The fraction of sp³-hybridized carbons (Fsp3) is 0.778. The van der Waals surface area contributed by atoms with E-state index in [1.807, 2.05) is 0 Å². The Kier molecular flexibility index (Phi) is 10.9. The van der Waals surface area contributed by atoms with Crippen molar-refractivity contribution in [2.75, 3.05) is 26.4 Å². The van der Waals surface area contributed by atoms with Crippen molar-refractivity contribution >= 4 is 11.6 Å². The van der Waals surface area contributed by atoms with Gasteiger partial charge in [0.1, 0.15) is 6.79 Å². The molecule has 0 aromatic rings. The van der Waals surface area contributed by atoms with E-state index in [4.69, 9.17) is 21.1 Å². The van der Waals surface area contributed by atoms with E-state index >= 15 is 0 Å². The average Bonchev–Trinajstić information content (AvgIpc) is 2.10. The van der Waals surface area contributed by atoms with Crippen molar-refractivity contribution in [1.82, 2.24) is 0 Å². The first-order valence-corrected chi connectivity index (χ1v) is 4.73. The molecule has 0 rings (SSSR count). The van der Waals surface area contributed by atoms with Gasteiger partial charge in [0.15, 0.2) is 0 Å². The molecule has 0 heterocycles. The molecule has 2 nitrogen and oxygen atoms in total. The number of unbranched alkanes of at least 4 members (excludes halogenated alkanes) is 1. The zero-order valence-corrected chi connectivity index (χ0v) is 8.35. The van der Waals surface area contributed by atoms with Gasteiger partial charge in [-0.05, 0) is 19.3 Å². The SMILES string of the molecule is COCOCCC=CCCCCl. The zero-order valence-electron chi connectivity index (χ0n) is 7.59. The third kappa shape index (κ3) is 9.95. The Morgan fingerprint density at radius 3 is 2.67 bits per heavy atom. The standard InChI is InChI=1S/C9H17ClO2/c1-11-9-12-8-6-4-2-3-5-7-10/h2,4H,3,5-9H2,1H3. The largest absolute Gasteiger partial charge is 0.359 e. The van der Waals surface area contributed by atoms with Crippen LogP contribution < -0.4 is 0 Å². The Balaban J connectivity index is 2.92. The van der Waals surface area contributed by atoms with Crippen molar-refractivity contribution in [2.45, 2.75) is 19.3 Å². The van der Waals surface area contributed by atoms with Crippen LogP contribution in [0.15, 0.2) is 12.2 Å². The van der Waals surface area contributed by atoms with E-state index in [1.54, 1.807) is 7.11 Å². The second kappa shape index (κ2) is 11.0. The summed E-state index contributed by atoms with van der Waals surface area (Å²) in [7, 11) is 1.62. The molecule has 0 N–H and O–H groups in total. The van der Waals surface area contributed by atoms with E-state index in [2.05, 4.69) is 12.2 Å². The van der Waals surface area contributed by atoms with E-state index < -0.39 is 0 Å². The third-order valence-corrected chi connectivity index (χ3v) is 1.57. The molecule has 0 amide bonds. The number of hydrogen-bond acceptors (Lipinski definition) is 2. The molecule has 0 unspecified atom stereocenters. The summed E-state index contributed by atoms with van der Waals surface area (Å²) < 4.78 is 9.81. The van der Waals surface area contributed by atoms with Crippen molar-refractivity contribution in [3.8, 4) is 0 Å². The van der Waals surface area contributed by atoms with Gasteiger partial charge in [-0.15, -0.1) is 11.6 Å². The molecule has 0 aliphatic rings. The van der Waals surface area contributed by atoms with E-state index in [0.29, 0.717) is 6.79 Å². The molecule has 0 aliphatic carbocycles. The van der Waals surface area contributed by atoms with Crippen LogP contribution in [0.4, 0.5) is 0 Å². The predicted molar refractivity (Wildman–Crippen MR) is 51.5 cm³/mol. The van der Waals surface area contributed by atoms with Gasteiger partial charge in [-0.2, -0.15) is 0 Å². The Morgan fingerprint density at radius 1 is 1.25 bits per heavy atom. The minimum Gasteiger partial charge on any atom is -0.359 e. The van der Waals surface area contributed by atoms with Crippen molar-refractivity contribution in [3.05, 3.63) is 12.2 Å². The number of methoxy groups -OCH3 is 1. The molecule has 0 fully saturated rings. The number of alkyl halides is 1. The molecular formula is C9H17ClO2. The van der Waals surface area contributed by atoms with Crippen LogP contribution in [-0.4, -0.2) is 26.4 Å². The lowest BCUT2D eigenvalue weighted by Gasteiger charge is -1.98. The Morgan fingerprint density at radius 2 is 2.00 bits per heavy atom. The molecule has 12 heavy (non-hydrogen) atoms. The second-order valence-corrected chi connectivity index (χ2v) is 2.78. The Bertz CT molecular complexity index is 105. The van der Waals surface area contributed by atoms with Gasteiger partial charge in [-0.3, -0.25) is 0 Å². The maximum absolute atomic E-state index is 5.51. The zero-order chi connectivity index (χ0) is 9.07. The van der Waals surface area contributed by atoms with Gasteiger partial charge >= 0.3 is 0 Å². The first kappa shape index (κ1) is 11.9.